The van der Waals surface area contributed by atoms with Crippen molar-refractivity contribution in [3.63, 3.8) is 0 Å². The molecule has 0 aromatic heterocycles. The number of aromatic hydroxyl groups is 1. The maximum atomic E-state index is 12.3. The second kappa shape index (κ2) is 5.87. The lowest BCUT2D eigenvalue weighted by atomic mass is 9.99. The van der Waals surface area contributed by atoms with Gasteiger partial charge >= 0.3 is 0 Å². The monoisotopic (exact) mass is 275 g/mol. The van der Waals surface area contributed by atoms with Gasteiger partial charge in [-0.2, -0.15) is 0 Å². The summed E-state index contributed by atoms with van der Waals surface area (Å²) in [6.45, 7) is 0.499. The van der Waals surface area contributed by atoms with Crippen molar-refractivity contribution in [2.75, 3.05) is 6.54 Å². The van der Waals surface area contributed by atoms with Crippen LogP contribution in [0.25, 0.3) is 0 Å². The number of halogens is 1. The summed E-state index contributed by atoms with van der Waals surface area (Å²) < 4.78 is 0. The van der Waals surface area contributed by atoms with Crippen molar-refractivity contribution in [3.05, 3.63) is 64.2 Å². The number of hydrogen-bond donors (Lipinski definition) is 2. The Morgan fingerprint density at radius 2 is 1.84 bits per heavy atom. The number of nitrogens with two attached hydrogens (primary N) is 1. The standard InChI is InChI=1S/C15H14ClNO2/c16-12-4-2-11(3-5-12)15(19)13-9-10(7-8-17)1-6-14(13)18/h1-6,9,18H,7-8,17H2. The van der Waals surface area contributed by atoms with Crippen LogP contribution in [0.2, 0.25) is 5.02 Å². The summed E-state index contributed by atoms with van der Waals surface area (Å²) in [6.07, 6.45) is 0.668. The Hall–Kier alpha value is -1.84. The van der Waals surface area contributed by atoms with Crippen LogP contribution in [0.3, 0.4) is 0 Å². The van der Waals surface area contributed by atoms with Crippen molar-refractivity contribution in [2.45, 2.75) is 6.42 Å². The number of phenols is 1. The Balaban J connectivity index is 2.37. The number of ketones is 1. The van der Waals surface area contributed by atoms with Crippen LogP contribution >= 0.6 is 11.6 Å². The first kappa shape index (κ1) is 13.6. The summed E-state index contributed by atoms with van der Waals surface area (Å²) in [6, 6.07) is 11.5. The van der Waals surface area contributed by atoms with Crippen molar-refractivity contribution in [1.29, 1.82) is 0 Å². The summed E-state index contributed by atoms with van der Waals surface area (Å²) >= 11 is 5.79. The van der Waals surface area contributed by atoms with Gasteiger partial charge in [0.15, 0.2) is 5.78 Å². The van der Waals surface area contributed by atoms with Crippen molar-refractivity contribution in [2.24, 2.45) is 5.73 Å². The number of hydrogen-bond acceptors (Lipinski definition) is 3. The van der Waals surface area contributed by atoms with E-state index in [4.69, 9.17) is 17.3 Å². The van der Waals surface area contributed by atoms with E-state index >= 15 is 0 Å². The molecule has 4 heteroatoms. The first-order valence-electron chi connectivity index (χ1n) is 5.94. The van der Waals surface area contributed by atoms with Gasteiger partial charge in [0, 0.05) is 10.6 Å². The van der Waals surface area contributed by atoms with Crippen molar-refractivity contribution in [3.8, 4) is 5.75 Å². The topological polar surface area (TPSA) is 63.3 Å². The van der Waals surface area contributed by atoms with Crippen LogP contribution in [0, 0.1) is 0 Å². The minimum Gasteiger partial charge on any atom is -0.507 e. The quantitative estimate of drug-likeness (QED) is 0.844. The maximum Gasteiger partial charge on any atom is 0.196 e. The summed E-state index contributed by atoms with van der Waals surface area (Å²) in [5.74, 6) is -0.256. The Morgan fingerprint density at radius 1 is 1.16 bits per heavy atom. The molecule has 0 amide bonds. The Kier molecular flexibility index (Phi) is 4.20. The van der Waals surface area contributed by atoms with Crippen LogP contribution in [-0.2, 0) is 6.42 Å². The zero-order valence-corrected chi connectivity index (χ0v) is 11.0. The van der Waals surface area contributed by atoms with Crippen LogP contribution < -0.4 is 5.73 Å². The molecule has 2 rings (SSSR count). The SMILES string of the molecule is NCCc1ccc(O)c(C(=O)c2ccc(Cl)cc2)c1. The number of benzene rings is 2. The van der Waals surface area contributed by atoms with E-state index in [0.29, 0.717) is 23.6 Å². The molecule has 19 heavy (non-hydrogen) atoms. The summed E-state index contributed by atoms with van der Waals surface area (Å²) in [5, 5.41) is 10.4. The van der Waals surface area contributed by atoms with E-state index in [9.17, 15) is 9.90 Å². The Bertz CT molecular complexity index is 594. The molecule has 0 fully saturated rings. The van der Waals surface area contributed by atoms with Gasteiger partial charge < -0.3 is 10.8 Å². The lowest BCUT2D eigenvalue weighted by molar-refractivity contribution is 0.103. The molecule has 0 atom stereocenters. The molecule has 0 heterocycles. The highest BCUT2D eigenvalue weighted by molar-refractivity contribution is 6.30. The normalized spacial score (nSPS) is 10.4. The predicted molar refractivity (Wildman–Crippen MR) is 75.7 cm³/mol. The van der Waals surface area contributed by atoms with Gasteiger partial charge in [-0.05, 0) is 54.9 Å². The van der Waals surface area contributed by atoms with Gasteiger partial charge in [0.25, 0.3) is 0 Å². The third-order valence-corrected chi connectivity index (χ3v) is 3.10. The van der Waals surface area contributed by atoms with Gasteiger partial charge in [-0.3, -0.25) is 4.79 Å². The lowest BCUT2D eigenvalue weighted by Gasteiger charge is -2.07. The molecule has 0 saturated heterocycles. The van der Waals surface area contributed by atoms with Gasteiger partial charge in [0.1, 0.15) is 5.75 Å². The van der Waals surface area contributed by atoms with E-state index in [0.717, 1.165) is 5.56 Å². The third-order valence-electron chi connectivity index (χ3n) is 2.85. The van der Waals surface area contributed by atoms with Gasteiger partial charge in [-0.1, -0.05) is 17.7 Å². The molecule has 2 aromatic rings. The molecule has 3 nitrogen and oxygen atoms in total. The van der Waals surface area contributed by atoms with Crippen LogP contribution in [0.1, 0.15) is 21.5 Å². The Morgan fingerprint density at radius 3 is 2.47 bits per heavy atom. The van der Waals surface area contributed by atoms with Crippen LogP contribution in [0.15, 0.2) is 42.5 Å². The summed E-state index contributed by atoms with van der Waals surface area (Å²) in [7, 11) is 0. The fourth-order valence-corrected chi connectivity index (χ4v) is 1.97. The van der Waals surface area contributed by atoms with E-state index in [-0.39, 0.29) is 17.1 Å². The molecule has 0 aliphatic heterocycles. The first-order chi connectivity index (χ1) is 9.11. The number of rotatable bonds is 4. The second-order valence-corrected chi connectivity index (χ2v) is 4.66. The summed E-state index contributed by atoms with van der Waals surface area (Å²) in [5.41, 5.74) is 7.19. The van der Waals surface area contributed by atoms with E-state index in [1.54, 1.807) is 36.4 Å². The van der Waals surface area contributed by atoms with E-state index < -0.39 is 0 Å². The molecule has 0 saturated carbocycles. The molecule has 0 aliphatic rings. The molecule has 0 spiro atoms. The van der Waals surface area contributed by atoms with E-state index in [1.807, 2.05) is 0 Å². The fraction of sp³-hybridized carbons (Fsp3) is 0.133. The van der Waals surface area contributed by atoms with Crippen LogP contribution in [0.4, 0.5) is 0 Å². The van der Waals surface area contributed by atoms with Crippen LogP contribution in [-0.4, -0.2) is 17.4 Å². The summed E-state index contributed by atoms with van der Waals surface area (Å²) in [4.78, 5) is 12.3. The lowest BCUT2D eigenvalue weighted by Crippen LogP contribution is -2.06. The highest BCUT2D eigenvalue weighted by Gasteiger charge is 2.14. The Labute approximate surface area is 116 Å². The maximum absolute atomic E-state index is 12.3. The first-order valence-corrected chi connectivity index (χ1v) is 6.32. The smallest absolute Gasteiger partial charge is 0.196 e. The molecular weight excluding hydrogens is 262 g/mol. The minimum absolute atomic E-state index is 0.0271. The van der Waals surface area contributed by atoms with Crippen molar-refractivity contribution in [1.82, 2.24) is 0 Å². The molecule has 0 bridgehead atoms. The van der Waals surface area contributed by atoms with Gasteiger partial charge in [0.05, 0.1) is 5.56 Å². The minimum atomic E-state index is -0.229. The zero-order valence-electron chi connectivity index (χ0n) is 10.3. The number of carbonyl (C=O) groups excluding carboxylic acids is 1. The predicted octanol–water partition coefficient (Wildman–Crippen LogP) is 2.78. The molecule has 0 radical (unpaired) electrons. The highest BCUT2D eigenvalue weighted by atomic mass is 35.5. The molecular formula is C15H14ClNO2. The third kappa shape index (κ3) is 3.13. The average molecular weight is 276 g/mol. The highest BCUT2D eigenvalue weighted by Crippen LogP contribution is 2.23. The van der Waals surface area contributed by atoms with Crippen LogP contribution in [0.5, 0.6) is 5.75 Å². The number of phenolic OH excluding ortho intramolecular Hbond substituents is 1. The van der Waals surface area contributed by atoms with Crippen molar-refractivity contribution < 1.29 is 9.90 Å². The molecule has 0 aliphatic carbocycles. The number of carbonyl (C=O) groups is 1. The average Bonchev–Trinajstić information content (AvgIpc) is 2.41. The van der Waals surface area contributed by atoms with Gasteiger partial charge in [0.2, 0.25) is 0 Å². The van der Waals surface area contributed by atoms with Gasteiger partial charge in [-0.25, -0.2) is 0 Å². The fourth-order valence-electron chi connectivity index (χ4n) is 1.84. The molecule has 98 valence electrons. The zero-order chi connectivity index (χ0) is 13.8. The molecule has 3 N–H and O–H groups in total. The van der Waals surface area contributed by atoms with Gasteiger partial charge in [-0.15, -0.1) is 0 Å². The molecule has 0 unspecified atom stereocenters. The van der Waals surface area contributed by atoms with E-state index in [1.165, 1.54) is 6.07 Å². The van der Waals surface area contributed by atoms with Crippen molar-refractivity contribution >= 4 is 17.4 Å². The molecule has 2 aromatic carbocycles. The second-order valence-electron chi connectivity index (χ2n) is 4.23. The largest absolute Gasteiger partial charge is 0.507 e. The van der Waals surface area contributed by atoms with E-state index in [2.05, 4.69) is 0 Å².